The van der Waals surface area contributed by atoms with Crippen LogP contribution in [0.25, 0.3) is 0 Å². The predicted octanol–water partition coefficient (Wildman–Crippen LogP) is 3.14. The van der Waals surface area contributed by atoms with Crippen molar-refractivity contribution in [3.8, 4) is 0 Å². The van der Waals surface area contributed by atoms with E-state index in [4.69, 9.17) is 0 Å². The number of hydrogen-bond donors (Lipinski definition) is 2. The summed E-state index contributed by atoms with van der Waals surface area (Å²) in [5, 5.41) is 0. The van der Waals surface area contributed by atoms with E-state index in [1.165, 1.54) is 12.8 Å². The van der Waals surface area contributed by atoms with Crippen LogP contribution < -0.4 is 0 Å². The van der Waals surface area contributed by atoms with Gasteiger partial charge < -0.3 is 0 Å². The molecule has 0 aromatic carbocycles. The number of rotatable bonds is 3. The first-order chi connectivity index (χ1) is 9.35. The highest BCUT2D eigenvalue weighted by atomic mass is 32.3. The fourth-order valence-corrected chi connectivity index (χ4v) is 7.76. The number of nitrogens with zero attached hydrogens (tertiary/aromatic N) is 1. The molecule has 5 fully saturated rings. The number of hydrogen-bond acceptors (Lipinski definition) is 4. The molecule has 0 radical (unpaired) electrons. The van der Waals surface area contributed by atoms with Crippen LogP contribution in [0.1, 0.15) is 45.4 Å². The highest BCUT2D eigenvalue weighted by molar-refractivity contribution is 8.22. The Balaban J connectivity index is 1.59. The minimum atomic E-state index is -2.51. The summed E-state index contributed by atoms with van der Waals surface area (Å²) in [6.45, 7) is 3.39. The van der Waals surface area contributed by atoms with Gasteiger partial charge in [-0.15, -0.1) is 10.8 Å². The smallest absolute Gasteiger partial charge is 0.136 e. The van der Waals surface area contributed by atoms with Gasteiger partial charge in [-0.05, 0) is 62.7 Å². The van der Waals surface area contributed by atoms with Gasteiger partial charge in [-0.1, -0.05) is 0 Å². The highest BCUT2D eigenvalue weighted by Crippen LogP contribution is 2.71. The summed E-state index contributed by atoms with van der Waals surface area (Å²) in [6.07, 6.45) is 6.56. The topological polar surface area (TPSA) is 60.8 Å². The molecule has 114 valence electrons. The molecule has 4 bridgehead atoms. The molecule has 1 heterocycles. The molecule has 4 aliphatic carbocycles. The molecule has 5 heteroatoms. The molecule has 1 saturated heterocycles. The second kappa shape index (κ2) is 4.00. The van der Waals surface area contributed by atoms with Crippen molar-refractivity contribution in [2.75, 3.05) is 18.8 Å². The predicted molar refractivity (Wildman–Crippen MR) is 79.5 cm³/mol. The Morgan fingerprint density at radius 3 is 2.75 bits per heavy atom. The monoisotopic (exact) mass is 299 g/mol. The molecule has 1 aliphatic heterocycles. The van der Waals surface area contributed by atoms with Crippen molar-refractivity contribution < 1.29 is 13.9 Å². The van der Waals surface area contributed by atoms with Gasteiger partial charge >= 0.3 is 0 Å². The van der Waals surface area contributed by atoms with Crippen molar-refractivity contribution >= 4 is 16.6 Å². The molecule has 2 N–H and O–H groups in total. The van der Waals surface area contributed by atoms with Gasteiger partial charge in [0.15, 0.2) is 0 Å². The zero-order valence-corrected chi connectivity index (χ0v) is 13.0. The van der Waals surface area contributed by atoms with E-state index < -0.39 is 10.8 Å². The quantitative estimate of drug-likeness (QED) is 0.840. The van der Waals surface area contributed by atoms with Crippen LogP contribution in [-0.4, -0.2) is 38.0 Å². The van der Waals surface area contributed by atoms with Gasteiger partial charge in [0, 0.05) is 18.5 Å². The van der Waals surface area contributed by atoms with Crippen molar-refractivity contribution in [1.29, 1.82) is 0 Å². The van der Waals surface area contributed by atoms with E-state index in [-0.39, 0.29) is 10.8 Å². The van der Waals surface area contributed by atoms with E-state index >= 15 is 0 Å². The van der Waals surface area contributed by atoms with Crippen molar-refractivity contribution in [2.24, 2.45) is 22.7 Å². The van der Waals surface area contributed by atoms with E-state index in [1.807, 2.05) is 4.31 Å². The molecule has 4 unspecified atom stereocenters. The minimum absolute atomic E-state index is 0.0501. The third-order valence-electron chi connectivity index (χ3n) is 6.60. The van der Waals surface area contributed by atoms with E-state index in [9.17, 15) is 13.9 Å². The molecule has 0 spiro atoms. The van der Waals surface area contributed by atoms with Crippen LogP contribution in [0.15, 0.2) is 0 Å². The van der Waals surface area contributed by atoms with E-state index in [1.54, 1.807) is 6.92 Å². The molecule has 5 rings (SSSR count). The van der Waals surface area contributed by atoms with Crippen molar-refractivity contribution in [3.63, 3.8) is 0 Å². The van der Waals surface area contributed by atoms with Gasteiger partial charge in [-0.25, -0.2) is 4.31 Å². The van der Waals surface area contributed by atoms with Crippen molar-refractivity contribution in [2.45, 2.75) is 45.4 Å². The van der Waals surface area contributed by atoms with Crippen LogP contribution >= 0.6 is 10.8 Å². The molecule has 0 aromatic heterocycles. The molecule has 5 aliphatic rings. The Hall–Kier alpha value is -0.100. The Kier molecular flexibility index (Phi) is 2.71. The van der Waals surface area contributed by atoms with Gasteiger partial charge in [0.05, 0.1) is 5.75 Å². The average molecular weight is 299 g/mol. The lowest BCUT2D eigenvalue weighted by Gasteiger charge is -2.46. The number of carbonyl (C=O) groups excluding carboxylic acids is 1. The molecule has 4 saturated carbocycles. The Morgan fingerprint density at radius 2 is 2.15 bits per heavy atom. The molecular formula is C15H25NO3S. The lowest BCUT2D eigenvalue weighted by atomic mass is 9.66. The van der Waals surface area contributed by atoms with E-state index in [0.29, 0.717) is 23.4 Å². The number of ketones is 1. The molecule has 0 aromatic rings. The van der Waals surface area contributed by atoms with Crippen LogP contribution in [0.5, 0.6) is 0 Å². The first-order valence-corrected chi connectivity index (χ1v) is 9.55. The number of carbonyl (C=O) groups is 1. The van der Waals surface area contributed by atoms with Crippen molar-refractivity contribution in [1.82, 2.24) is 4.31 Å². The van der Waals surface area contributed by atoms with E-state index in [2.05, 4.69) is 0 Å². The first-order valence-electron chi connectivity index (χ1n) is 7.87. The SMILES string of the molecule is CC(=O)C12CC3CC1CC(CN1CCCS1(O)O)(C3)C2. The van der Waals surface area contributed by atoms with E-state index in [0.717, 1.165) is 38.8 Å². The summed E-state index contributed by atoms with van der Waals surface area (Å²) in [4.78, 5) is 12.2. The lowest BCUT2D eigenvalue weighted by Crippen LogP contribution is -2.41. The minimum Gasteiger partial charge on any atom is -0.299 e. The van der Waals surface area contributed by atoms with Crippen LogP contribution in [0.4, 0.5) is 0 Å². The summed E-state index contributed by atoms with van der Waals surface area (Å²) in [6, 6.07) is 0. The first kappa shape index (κ1) is 13.6. The van der Waals surface area contributed by atoms with Crippen LogP contribution in [0, 0.1) is 22.7 Å². The van der Waals surface area contributed by atoms with Crippen molar-refractivity contribution in [3.05, 3.63) is 0 Å². The average Bonchev–Trinajstić information content (AvgIpc) is 2.86. The molecule has 4 nitrogen and oxygen atoms in total. The molecule has 4 atom stereocenters. The standard InChI is InChI=1S/C15H25NO3S/c1-11(17)15-7-12-5-13(15)8-14(6-12,9-15)10-16-3-2-4-20(16,18)19/h12-13,18-19H,2-10H2,1H3. The lowest BCUT2D eigenvalue weighted by molar-refractivity contribution is -0.128. The zero-order chi connectivity index (χ0) is 14.2. The molecule has 0 amide bonds. The van der Waals surface area contributed by atoms with Gasteiger partial charge in [-0.3, -0.25) is 13.9 Å². The second-order valence-corrected chi connectivity index (χ2v) is 10.0. The maximum Gasteiger partial charge on any atom is 0.136 e. The Bertz CT molecular complexity index is 468. The summed E-state index contributed by atoms with van der Waals surface area (Å²) < 4.78 is 22.3. The third-order valence-corrected chi connectivity index (χ3v) is 8.57. The summed E-state index contributed by atoms with van der Waals surface area (Å²) in [7, 11) is -2.51. The zero-order valence-electron chi connectivity index (χ0n) is 12.2. The van der Waals surface area contributed by atoms with Crippen LogP contribution in [0.3, 0.4) is 0 Å². The second-order valence-electron chi connectivity index (χ2n) is 7.85. The van der Waals surface area contributed by atoms with Gasteiger partial charge in [0.25, 0.3) is 0 Å². The number of Topliss-reactive ketones (excluding diaryl/α,β-unsaturated/α-hetero) is 1. The normalized spacial score (nSPS) is 50.8. The fraction of sp³-hybridized carbons (Fsp3) is 0.933. The van der Waals surface area contributed by atoms with Crippen LogP contribution in [-0.2, 0) is 4.79 Å². The largest absolute Gasteiger partial charge is 0.299 e. The molecular weight excluding hydrogens is 274 g/mol. The maximum absolute atomic E-state index is 12.2. The fourth-order valence-electron chi connectivity index (χ4n) is 6.08. The van der Waals surface area contributed by atoms with Gasteiger partial charge in [-0.2, -0.15) is 0 Å². The summed E-state index contributed by atoms with van der Waals surface area (Å²) in [5.74, 6) is 2.20. The van der Waals surface area contributed by atoms with Gasteiger partial charge in [0.2, 0.25) is 0 Å². The Morgan fingerprint density at radius 1 is 1.35 bits per heavy atom. The highest BCUT2D eigenvalue weighted by Gasteiger charge is 2.66. The van der Waals surface area contributed by atoms with Gasteiger partial charge in [0.1, 0.15) is 5.78 Å². The third kappa shape index (κ3) is 1.70. The summed E-state index contributed by atoms with van der Waals surface area (Å²) >= 11 is 0. The van der Waals surface area contributed by atoms with Crippen LogP contribution in [0.2, 0.25) is 0 Å². The molecule has 20 heavy (non-hydrogen) atoms. The maximum atomic E-state index is 12.2. The summed E-state index contributed by atoms with van der Waals surface area (Å²) in [5.41, 5.74) is 0.136. The Labute approximate surface area is 122 Å².